The van der Waals surface area contributed by atoms with Crippen molar-refractivity contribution in [2.24, 2.45) is 22.1 Å². The highest BCUT2D eigenvalue weighted by molar-refractivity contribution is 14.0. The van der Waals surface area contributed by atoms with Crippen LogP contribution in [0.3, 0.4) is 0 Å². The van der Waals surface area contributed by atoms with E-state index in [1.54, 1.807) is 0 Å². The number of ether oxygens (including phenoxy) is 1. The van der Waals surface area contributed by atoms with E-state index in [4.69, 9.17) is 10.5 Å². The molecule has 3 aliphatic rings. The number of nitrogens with zero attached hydrogens (tertiary/aromatic N) is 2. The lowest BCUT2D eigenvalue weighted by Gasteiger charge is -2.63. The van der Waals surface area contributed by atoms with Crippen LogP contribution in [0.4, 0.5) is 0 Å². The van der Waals surface area contributed by atoms with Crippen molar-refractivity contribution in [3.8, 4) is 0 Å². The molecule has 2 heterocycles. The summed E-state index contributed by atoms with van der Waals surface area (Å²) in [6, 6.07) is 6.42. The Morgan fingerprint density at radius 2 is 2.30 bits per heavy atom. The Labute approximate surface area is 154 Å². The zero-order chi connectivity index (χ0) is 15.0. The molecule has 3 fully saturated rings. The number of rotatable bonds is 4. The van der Waals surface area contributed by atoms with Crippen LogP contribution < -0.4 is 11.1 Å². The van der Waals surface area contributed by atoms with Gasteiger partial charge in [-0.3, -0.25) is 9.98 Å². The fourth-order valence-corrected chi connectivity index (χ4v) is 4.50. The highest BCUT2D eigenvalue weighted by atomic mass is 127. The third kappa shape index (κ3) is 2.95. The van der Waals surface area contributed by atoms with Crippen molar-refractivity contribution >= 4 is 29.9 Å². The highest BCUT2D eigenvalue weighted by Crippen LogP contribution is 2.62. The minimum atomic E-state index is 0. The first-order valence-corrected chi connectivity index (χ1v) is 8.37. The topological polar surface area (TPSA) is 72.5 Å². The zero-order valence-electron chi connectivity index (χ0n) is 13.3. The summed E-state index contributed by atoms with van der Waals surface area (Å²) < 4.78 is 5.93. The molecule has 0 bridgehead atoms. The van der Waals surface area contributed by atoms with Gasteiger partial charge in [0.2, 0.25) is 0 Å². The fourth-order valence-electron chi connectivity index (χ4n) is 4.50. The Morgan fingerprint density at radius 3 is 3.00 bits per heavy atom. The van der Waals surface area contributed by atoms with Gasteiger partial charge in [-0.05, 0) is 31.4 Å². The molecule has 126 valence electrons. The van der Waals surface area contributed by atoms with E-state index in [0.29, 0.717) is 36.0 Å². The fraction of sp³-hybridized carbons (Fsp3) is 0.647. The van der Waals surface area contributed by atoms with Gasteiger partial charge in [0.25, 0.3) is 0 Å². The van der Waals surface area contributed by atoms with Crippen LogP contribution in [0.15, 0.2) is 29.4 Å². The summed E-state index contributed by atoms with van der Waals surface area (Å²) in [5, 5.41) is 3.49. The zero-order valence-corrected chi connectivity index (χ0v) is 15.6. The van der Waals surface area contributed by atoms with Crippen molar-refractivity contribution in [3.63, 3.8) is 0 Å². The number of nitrogens with one attached hydrogen (secondary N) is 1. The number of guanidine groups is 1. The molecule has 3 atom stereocenters. The molecule has 2 aliphatic carbocycles. The molecule has 2 saturated carbocycles. The molecule has 5 nitrogen and oxygen atoms in total. The summed E-state index contributed by atoms with van der Waals surface area (Å²) in [6.45, 7) is 1.59. The molecule has 0 radical (unpaired) electrons. The molecule has 3 unspecified atom stereocenters. The first-order chi connectivity index (χ1) is 10.8. The second-order valence-electron chi connectivity index (χ2n) is 6.79. The Kier molecular flexibility index (Phi) is 5.10. The second kappa shape index (κ2) is 6.93. The summed E-state index contributed by atoms with van der Waals surface area (Å²) in [6.07, 6.45) is 8.14. The lowest BCUT2D eigenvalue weighted by molar-refractivity contribution is -0.171. The van der Waals surface area contributed by atoms with Crippen LogP contribution in [-0.4, -0.2) is 36.2 Å². The number of pyridine rings is 1. The smallest absolute Gasteiger partial charge is 0.188 e. The van der Waals surface area contributed by atoms with Gasteiger partial charge in [-0.15, -0.1) is 24.0 Å². The van der Waals surface area contributed by atoms with Crippen molar-refractivity contribution in [2.45, 2.75) is 44.2 Å². The van der Waals surface area contributed by atoms with Gasteiger partial charge in [-0.1, -0.05) is 12.5 Å². The molecule has 0 amide bonds. The first-order valence-electron chi connectivity index (χ1n) is 8.37. The van der Waals surface area contributed by atoms with Gasteiger partial charge in [-0.25, -0.2) is 0 Å². The van der Waals surface area contributed by atoms with Crippen LogP contribution >= 0.6 is 24.0 Å². The van der Waals surface area contributed by atoms with Crippen molar-refractivity contribution in [3.05, 3.63) is 30.1 Å². The van der Waals surface area contributed by atoms with E-state index < -0.39 is 0 Å². The molecule has 1 spiro atoms. The maximum absolute atomic E-state index is 6.11. The van der Waals surface area contributed by atoms with Crippen molar-refractivity contribution in [2.75, 3.05) is 13.2 Å². The number of aliphatic imine (C=N–C) groups is 1. The molecule has 0 aromatic carbocycles. The number of hydrogen-bond acceptors (Lipinski definition) is 3. The van der Waals surface area contributed by atoms with Crippen LogP contribution in [-0.2, 0) is 11.2 Å². The van der Waals surface area contributed by atoms with E-state index >= 15 is 0 Å². The van der Waals surface area contributed by atoms with Crippen molar-refractivity contribution in [1.82, 2.24) is 10.3 Å². The van der Waals surface area contributed by atoms with Crippen molar-refractivity contribution < 1.29 is 4.74 Å². The lowest BCUT2D eigenvalue weighted by Crippen LogP contribution is -2.72. The van der Waals surface area contributed by atoms with Crippen LogP contribution in [0, 0.1) is 11.3 Å². The van der Waals surface area contributed by atoms with Crippen LogP contribution in [0.5, 0.6) is 0 Å². The van der Waals surface area contributed by atoms with Gasteiger partial charge in [0, 0.05) is 48.8 Å². The predicted molar refractivity (Wildman–Crippen MR) is 101 cm³/mol. The minimum absolute atomic E-state index is 0. The maximum Gasteiger partial charge on any atom is 0.188 e. The third-order valence-electron chi connectivity index (χ3n) is 5.72. The Hall–Kier alpha value is -0.890. The molecule has 6 heteroatoms. The summed E-state index contributed by atoms with van der Waals surface area (Å²) in [4.78, 5) is 8.79. The van der Waals surface area contributed by atoms with E-state index in [0.717, 1.165) is 25.1 Å². The van der Waals surface area contributed by atoms with Gasteiger partial charge in [0.1, 0.15) is 0 Å². The molecule has 23 heavy (non-hydrogen) atoms. The average molecular weight is 428 g/mol. The van der Waals surface area contributed by atoms with Crippen molar-refractivity contribution in [1.29, 1.82) is 0 Å². The maximum atomic E-state index is 6.11. The average Bonchev–Trinajstić information content (AvgIpc) is 2.90. The minimum Gasteiger partial charge on any atom is -0.377 e. The summed E-state index contributed by atoms with van der Waals surface area (Å²) in [7, 11) is 0. The Morgan fingerprint density at radius 1 is 1.43 bits per heavy atom. The molecule has 4 rings (SSSR count). The quantitative estimate of drug-likeness (QED) is 0.438. The number of nitrogens with two attached hydrogens (primary N) is 1. The van der Waals surface area contributed by atoms with E-state index in [9.17, 15) is 0 Å². The Bertz CT molecular complexity index is 561. The normalized spacial score (nSPS) is 30.8. The largest absolute Gasteiger partial charge is 0.377 e. The number of aromatic nitrogens is 1. The van der Waals surface area contributed by atoms with Gasteiger partial charge < -0.3 is 15.8 Å². The molecule has 1 aromatic rings. The van der Waals surface area contributed by atoms with E-state index in [1.807, 2.05) is 24.4 Å². The molecule has 1 saturated heterocycles. The summed E-state index contributed by atoms with van der Waals surface area (Å²) >= 11 is 0. The first kappa shape index (κ1) is 17.0. The summed E-state index contributed by atoms with van der Waals surface area (Å²) in [5.41, 5.74) is 7.52. The molecule has 1 aliphatic heterocycles. The molecular formula is C17H25IN4O. The van der Waals surface area contributed by atoms with Gasteiger partial charge >= 0.3 is 0 Å². The molecular weight excluding hydrogens is 403 g/mol. The monoisotopic (exact) mass is 428 g/mol. The predicted octanol–water partition coefficient (Wildman–Crippen LogP) is 2.10. The summed E-state index contributed by atoms with van der Waals surface area (Å²) in [5.74, 6) is 1.21. The van der Waals surface area contributed by atoms with E-state index in [2.05, 4.69) is 15.3 Å². The van der Waals surface area contributed by atoms with Gasteiger partial charge in [0.15, 0.2) is 5.96 Å². The van der Waals surface area contributed by atoms with Crippen LogP contribution in [0.1, 0.15) is 31.4 Å². The van der Waals surface area contributed by atoms with E-state index in [1.165, 1.54) is 19.3 Å². The van der Waals surface area contributed by atoms with Gasteiger partial charge in [0.05, 0.1) is 6.10 Å². The molecule has 1 aromatic heterocycles. The van der Waals surface area contributed by atoms with E-state index in [-0.39, 0.29) is 24.0 Å². The Balaban J connectivity index is 0.00000156. The lowest BCUT2D eigenvalue weighted by atomic mass is 9.46. The van der Waals surface area contributed by atoms with Gasteiger partial charge in [-0.2, -0.15) is 0 Å². The number of halogens is 1. The van der Waals surface area contributed by atoms with Crippen LogP contribution in [0.25, 0.3) is 0 Å². The molecule has 3 N–H and O–H groups in total. The number of fused-ring (bicyclic) bond motifs is 2. The highest BCUT2D eigenvalue weighted by Gasteiger charge is 2.66. The third-order valence-corrected chi connectivity index (χ3v) is 5.72. The van der Waals surface area contributed by atoms with Crippen LogP contribution in [0.2, 0.25) is 0 Å². The standard InChI is InChI=1S/C17H24N4O.HI/c18-16(20-10-5-12-4-1-2-9-19-12)21-14-13-6-11-22-15(13)17(14)7-3-8-17;/h1-2,4,9,13-15H,3,5-8,10-11H2,(H3,18,20,21);1H. The number of hydrogen-bond donors (Lipinski definition) is 2. The SMILES string of the molecule is I.NC(=NCCc1ccccn1)NC1C2CCOC2C12CCC2. The second-order valence-corrected chi connectivity index (χ2v) is 6.79.